The summed E-state index contributed by atoms with van der Waals surface area (Å²) in [5.41, 5.74) is 6.30. The molecule has 0 amide bonds. The summed E-state index contributed by atoms with van der Waals surface area (Å²) >= 11 is 0. The predicted molar refractivity (Wildman–Crippen MR) is 61.8 cm³/mol. The van der Waals surface area contributed by atoms with Gasteiger partial charge in [0.1, 0.15) is 11.6 Å². The number of carbonyl (C=O) groups is 1. The summed E-state index contributed by atoms with van der Waals surface area (Å²) in [6, 6.07) is 3.37. The Balaban J connectivity index is 2.47. The number of aryl methyl sites for hydroxylation is 1. The van der Waals surface area contributed by atoms with Gasteiger partial charge >= 0.3 is 0 Å². The molecular formula is C11H12N4O2. The van der Waals surface area contributed by atoms with Crippen molar-refractivity contribution in [2.75, 3.05) is 12.8 Å². The van der Waals surface area contributed by atoms with Crippen LogP contribution in [0.3, 0.4) is 0 Å². The lowest BCUT2D eigenvalue weighted by atomic mass is 10.1. The Hall–Kier alpha value is -2.37. The highest BCUT2D eigenvalue weighted by molar-refractivity contribution is 6.11. The Morgan fingerprint density at radius 3 is 2.88 bits per heavy atom. The Bertz CT molecular complexity index is 562. The van der Waals surface area contributed by atoms with E-state index >= 15 is 0 Å². The van der Waals surface area contributed by atoms with Gasteiger partial charge in [-0.15, -0.1) is 0 Å². The topological polar surface area (TPSA) is 83.0 Å². The zero-order valence-electron chi connectivity index (χ0n) is 9.54. The molecule has 0 atom stereocenters. The Kier molecular flexibility index (Phi) is 2.78. The van der Waals surface area contributed by atoms with E-state index in [0.29, 0.717) is 17.1 Å². The van der Waals surface area contributed by atoms with Gasteiger partial charge in [-0.3, -0.25) is 9.48 Å². The summed E-state index contributed by atoms with van der Waals surface area (Å²) in [5, 5.41) is 3.92. The van der Waals surface area contributed by atoms with Crippen LogP contribution in [0.5, 0.6) is 5.75 Å². The number of anilines is 1. The van der Waals surface area contributed by atoms with Crippen molar-refractivity contribution in [1.29, 1.82) is 0 Å². The monoisotopic (exact) mass is 232 g/mol. The molecule has 0 unspecified atom stereocenters. The first-order valence-corrected chi connectivity index (χ1v) is 4.96. The molecule has 88 valence electrons. The number of hydrogen-bond donors (Lipinski definition) is 1. The Morgan fingerprint density at radius 1 is 1.53 bits per heavy atom. The fraction of sp³-hybridized carbons (Fsp3) is 0.182. The van der Waals surface area contributed by atoms with Gasteiger partial charge in [0.15, 0.2) is 5.69 Å². The Labute approximate surface area is 98.0 Å². The Morgan fingerprint density at radius 2 is 2.29 bits per heavy atom. The molecule has 0 saturated carbocycles. The summed E-state index contributed by atoms with van der Waals surface area (Å²) < 4.78 is 6.52. The fourth-order valence-corrected chi connectivity index (χ4v) is 1.48. The maximum Gasteiger partial charge on any atom is 0.220 e. The normalized spacial score (nSPS) is 10.2. The highest BCUT2D eigenvalue weighted by Gasteiger charge is 2.20. The molecule has 0 aromatic carbocycles. The smallest absolute Gasteiger partial charge is 0.220 e. The van der Waals surface area contributed by atoms with Crippen molar-refractivity contribution in [3.63, 3.8) is 0 Å². The first kappa shape index (κ1) is 11.1. The van der Waals surface area contributed by atoms with Crippen LogP contribution in [0.4, 0.5) is 5.82 Å². The lowest BCUT2D eigenvalue weighted by Crippen LogP contribution is -2.09. The summed E-state index contributed by atoms with van der Waals surface area (Å²) in [7, 11) is 3.15. The highest BCUT2D eigenvalue weighted by atomic mass is 16.5. The first-order chi connectivity index (χ1) is 8.15. The second-order valence-corrected chi connectivity index (χ2v) is 3.45. The van der Waals surface area contributed by atoms with Gasteiger partial charge in [-0.25, -0.2) is 4.98 Å². The highest BCUT2D eigenvalue weighted by Crippen LogP contribution is 2.21. The van der Waals surface area contributed by atoms with Gasteiger partial charge in [-0.1, -0.05) is 0 Å². The van der Waals surface area contributed by atoms with Crippen molar-refractivity contribution in [1.82, 2.24) is 14.8 Å². The van der Waals surface area contributed by atoms with E-state index in [9.17, 15) is 4.79 Å². The second kappa shape index (κ2) is 4.25. The van der Waals surface area contributed by atoms with Crippen molar-refractivity contribution < 1.29 is 9.53 Å². The average molecular weight is 232 g/mol. The number of ether oxygens (including phenoxy) is 1. The van der Waals surface area contributed by atoms with Gasteiger partial charge in [-0.2, -0.15) is 5.10 Å². The molecule has 6 heteroatoms. The number of aromatic nitrogens is 3. The van der Waals surface area contributed by atoms with E-state index < -0.39 is 0 Å². The third-order valence-electron chi connectivity index (χ3n) is 2.43. The molecular weight excluding hydrogens is 220 g/mol. The lowest BCUT2D eigenvalue weighted by molar-refractivity contribution is 0.103. The van der Waals surface area contributed by atoms with Crippen molar-refractivity contribution in [3.05, 3.63) is 35.8 Å². The van der Waals surface area contributed by atoms with Crippen LogP contribution >= 0.6 is 0 Å². The molecule has 0 fully saturated rings. The number of ketones is 1. The van der Waals surface area contributed by atoms with E-state index in [1.807, 2.05) is 0 Å². The number of nitrogens with zero attached hydrogens (tertiary/aromatic N) is 3. The largest absolute Gasteiger partial charge is 0.494 e. The van der Waals surface area contributed by atoms with E-state index in [1.54, 1.807) is 19.2 Å². The van der Waals surface area contributed by atoms with Crippen LogP contribution in [0.1, 0.15) is 16.1 Å². The molecule has 2 heterocycles. The summed E-state index contributed by atoms with van der Waals surface area (Å²) in [6.45, 7) is 0. The molecule has 0 spiro atoms. The fourth-order valence-electron chi connectivity index (χ4n) is 1.48. The van der Waals surface area contributed by atoms with E-state index in [0.717, 1.165) is 0 Å². The van der Waals surface area contributed by atoms with Crippen molar-refractivity contribution >= 4 is 11.6 Å². The summed E-state index contributed by atoms with van der Waals surface area (Å²) in [4.78, 5) is 16.2. The molecule has 0 aliphatic rings. The number of nitrogen functional groups attached to an aromatic ring is 1. The molecule has 17 heavy (non-hydrogen) atoms. The maximum atomic E-state index is 12.2. The molecule has 6 nitrogen and oxygen atoms in total. The van der Waals surface area contributed by atoms with Crippen LogP contribution in [0, 0.1) is 0 Å². The molecule has 2 rings (SSSR count). The third kappa shape index (κ3) is 1.84. The van der Waals surface area contributed by atoms with Crippen molar-refractivity contribution in [2.24, 2.45) is 7.05 Å². The SMILES string of the molecule is COc1cccnc1C(=O)c1cnn(C)c1N. The molecule has 0 saturated heterocycles. The minimum atomic E-state index is -0.298. The molecule has 2 aromatic heterocycles. The predicted octanol–water partition coefficient (Wildman–Crippen LogP) is 0.637. The molecule has 0 aliphatic carbocycles. The van der Waals surface area contributed by atoms with Crippen LogP contribution in [-0.4, -0.2) is 27.7 Å². The molecule has 0 radical (unpaired) electrons. The molecule has 2 N–H and O–H groups in total. The zero-order chi connectivity index (χ0) is 12.4. The second-order valence-electron chi connectivity index (χ2n) is 3.45. The van der Waals surface area contributed by atoms with Gasteiger partial charge in [-0.05, 0) is 12.1 Å². The quantitative estimate of drug-likeness (QED) is 0.785. The minimum Gasteiger partial charge on any atom is -0.494 e. The first-order valence-electron chi connectivity index (χ1n) is 4.96. The van der Waals surface area contributed by atoms with E-state index in [-0.39, 0.29) is 11.5 Å². The molecule has 0 bridgehead atoms. The van der Waals surface area contributed by atoms with Crippen LogP contribution in [0.25, 0.3) is 0 Å². The minimum absolute atomic E-state index is 0.231. The van der Waals surface area contributed by atoms with Gasteiger partial charge < -0.3 is 10.5 Å². The summed E-state index contributed by atoms with van der Waals surface area (Å²) in [6.07, 6.45) is 2.95. The van der Waals surface area contributed by atoms with E-state index in [2.05, 4.69) is 10.1 Å². The third-order valence-corrected chi connectivity index (χ3v) is 2.43. The van der Waals surface area contributed by atoms with Gasteiger partial charge in [0.2, 0.25) is 5.78 Å². The number of carbonyl (C=O) groups excluding carboxylic acids is 1. The van der Waals surface area contributed by atoms with Crippen LogP contribution in [0.15, 0.2) is 24.5 Å². The van der Waals surface area contributed by atoms with E-state index in [1.165, 1.54) is 24.2 Å². The van der Waals surface area contributed by atoms with Crippen LogP contribution in [-0.2, 0) is 7.05 Å². The van der Waals surface area contributed by atoms with Crippen molar-refractivity contribution in [2.45, 2.75) is 0 Å². The number of nitrogens with two attached hydrogens (primary N) is 1. The van der Waals surface area contributed by atoms with Crippen LogP contribution in [0.2, 0.25) is 0 Å². The lowest BCUT2D eigenvalue weighted by Gasteiger charge is -2.05. The number of hydrogen-bond acceptors (Lipinski definition) is 5. The average Bonchev–Trinajstić information content (AvgIpc) is 2.69. The van der Waals surface area contributed by atoms with Crippen LogP contribution < -0.4 is 10.5 Å². The number of pyridine rings is 1. The standard InChI is InChI=1S/C11H12N4O2/c1-15-11(12)7(6-14-15)10(16)9-8(17-2)4-3-5-13-9/h3-6H,12H2,1-2H3. The van der Waals surface area contributed by atoms with Gasteiger partial charge in [0.05, 0.1) is 18.9 Å². The van der Waals surface area contributed by atoms with Gasteiger partial charge in [0.25, 0.3) is 0 Å². The summed E-state index contributed by atoms with van der Waals surface area (Å²) in [5.74, 6) is 0.427. The zero-order valence-corrected chi connectivity index (χ0v) is 9.54. The number of rotatable bonds is 3. The van der Waals surface area contributed by atoms with E-state index in [4.69, 9.17) is 10.5 Å². The maximum absolute atomic E-state index is 12.2. The molecule has 2 aromatic rings. The van der Waals surface area contributed by atoms with Gasteiger partial charge in [0, 0.05) is 13.2 Å². The molecule has 0 aliphatic heterocycles. The number of methoxy groups -OCH3 is 1. The van der Waals surface area contributed by atoms with Crippen molar-refractivity contribution in [3.8, 4) is 5.75 Å².